The summed E-state index contributed by atoms with van der Waals surface area (Å²) in [6.07, 6.45) is 0.578. The van der Waals surface area contributed by atoms with Crippen LogP contribution in [0.5, 0.6) is 5.75 Å². The number of carbonyl (C=O) groups excluding carboxylic acids is 2. The second kappa shape index (κ2) is 11.0. The fourth-order valence-corrected chi connectivity index (χ4v) is 4.30. The van der Waals surface area contributed by atoms with Crippen molar-refractivity contribution in [3.63, 3.8) is 0 Å². The molecule has 1 aliphatic rings. The molecule has 1 aliphatic heterocycles. The summed E-state index contributed by atoms with van der Waals surface area (Å²) in [5.41, 5.74) is 2.15. The van der Waals surface area contributed by atoms with Crippen LogP contribution in [0, 0.1) is 12.8 Å². The number of ether oxygens (including phenoxy) is 2. The maximum absolute atomic E-state index is 13.1. The molecule has 1 N–H and O–H groups in total. The number of methoxy groups -OCH3 is 1. The highest BCUT2D eigenvalue weighted by Crippen LogP contribution is 2.40. The molecule has 1 atom stereocenters. The van der Waals surface area contributed by atoms with E-state index in [1.165, 1.54) is 4.90 Å². The number of hydrogen-bond donors (Lipinski definition) is 1. The first kappa shape index (κ1) is 25.0. The van der Waals surface area contributed by atoms with Crippen LogP contribution in [0.4, 0.5) is 0 Å². The van der Waals surface area contributed by atoms with E-state index in [4.69, 9.17) is 9.47 Å². The van der Waals surface area contributed by atoms with E-state index in [9.17, 15) is 14.7 Å². The second-order valence-corrected chi connectivity index (χ2v) is 9.49. The fraction of sp³-hybridized carbons (Fsp3) is 0.385. The third kappa shape index (κ3) is 5.65. The van der Waals surface area contributed by atoms with Crippen molar-refractivity contribution < 1.29 is 24.2 Å². The van der Waals surface area contributed by atoms with E-state index >= 15 is 0 Å². The van der Waals surface area contributed by atoms with Gasteiger partial charge in [0.1, 0.15) is 11.5 Å². The minimum atomic E-state index is -0.687. The van der Waals surface area contributed by atoms with Crippen LogP contribution in [-0.4, -0.2) is 48.6 Å². The summed E-state index contributed by atoms with van der Waals surface area (Å²) in [4.78, 5) is 27.5. The SMILES string of the molecule is COCCCN1C(=O)C(=O)C(=C(O)c2ccc(OCC(C)C)c(C)c2)[C@@H]1c1cccc(Br)c1. The Kier molecular flexibility index (Phi) is 8.32. The molecule has 0 bridgehead atoms. The molecule has 7 heteroatoms. The van der Waals surface area contributed by atoms with Crippen molar-refractivity contribution in [1.29, 1.82) is 0 Å². The Morgan fingerprint density at radius 1 is 1.18 bits per heavy atom. The smallest absolute Gasteiger partial charge is 0.295 e. The van der Waals surface area contributed by atoms with Crippen LogP contribution in [0.3, 0.4) is 0 Å². The van der Waals surface area contributed by atoms with Gasteiger partial charge in [-0.1, -0.05) is 41.9 Å². The minimum Gasteiger partial charge on any atom is -0.507 e. The second-order valence-electron chi connectivity index (χ2n) is 8.58. The highest BCUT2D eigenvalue weighted by atomic mass is 79.9. The maximum Gasteiger partial charge on any atom is 0.295 e. The minimum absolute atomic E-state index is 0.0887. The van der Waals surface area contributed by atoms with Gasteiger partial charge in [0.25, 0.3) is 11.7 Å². The predicted octanol–water partition coefficient (Wildman–Crippen LogP) is 5.25. The highest BCUT2D eigenvalue weighted by Gasteiger charge is 2.45. The number of aliphatic hydroxyl groups is 1. The molecule has 2 aromatic rings. The molecule has 0 unspecified atom stereocenters. The zero-order chi connectivity index (χ0) is 24.1. The van der Waals surface area contributed by atoms with Gasteiger partial charge in [0, 0.05) is 30.3 Å². The fourth-order valence-electron chi connectivity index (χ4n) is 3.88. The number of likely N-dealkylation sites (tertiary alicyclic amines) is 1. The molecule has 0 aliphatic carbocycles. The average molecular weight is 516 g/mol. The van der Waals surface area contributed by atoms with E-state index in [0.29, 0.717) is 37.7 Å². The number of carbonyl (C=O) groups is 2. The summed E-state index contributed by atoms with van der Waals surface area (Å²) in [7, 11) is 1.59. The molecule has 176 valence electrons. The van der Waals surface area contributed by atoms with Crippen LogP contribution in [0.2, 0.25) is 0 Å². The first-order valence-electron chi connectivity index (χ1n) is 11.0. The number of rotatable bonds is 9. The lowest BCUT2D eigenvalue weighted by molar-refractivity contribution is -0.140. The Morgan fingerprint density at radius 2 is 1.94 bits per heavy atom. The summed E-state index contributed by atoms with van der Waals surface area (Å²) >= 11 is 3.47. The molecule has 6 nitrogen and oxygen atoms in total. The Balaban J connectivity index is 2.06. The molecule has 0 saturated carbocycles. The van der Waals surface area contributed by atoms with Crippen molar-refractivity contribution in [3.8, 4) is 5.75 Å². The lowest BCUT2D eigenvalue weighted by Crippen LogP contribution is -2.31. The third-order valence-electron chi connectivity index (χ3n) is 5.47. The van der Waals surface area contributed by atoms with E-state index in [-0.39, 0.29) is 11.3 Å². The van der Waals surface area contributed by atoms with Gasteiger partial charge in [0.15, 0.2) is 0 Å². The van der Waals surface area contributed by atoms with E-state index in [2.05, 4.69) is 29.8 Å². The number of aryl methyl sites for hydroxylation is 1. The van der Waals surface area contributed by atoms with Gasteiger partial charge in [-0.3, -0.25) is 9.59 Å². The van der Waals surface area contributed by atoms with Gasteiger partial charge < -0.3 is 19.5 Å². The Bertz CT molecular complexity index is 1060. The monoisotopic (exact) mass is 515 g/mol. The van der Waals surface area contributed by atoms with Gasteiger partial charge >= 0.3 is 0 Å². The van der Waals surface area contributed by atoms with Crippen molar-refractivity contribution in [3.05, 3.63) is 69.2 Å². The van der Waals surface area contributed by atoms with Crippen LogP contribution in [0.1, 0.15) is 43.0 Å². The summed E-state index contributed by atoms with van der Waals surface area (Å²) in [5.74, 6) is -0.384. The van der Waals surface area contributed by atoms with E-state index < -0.39 is 17.7 Å². The lowest BCUT2D eigenvalue weighted by Gasteiger charge is -2.25. The molecular weight excluding hydrogens is 486 g/mol. The number of ketones is 1. The first-order chi connectivity index (χ1) is 15.7. The van der Waals surface area contributed by atoms with Crippen molar-refractivity contribution in [2.45, 2.75) is 33.2 Å². The number of Topliss-reactive ketones (excluding diaryl/α,β-unsaturated/α-hetero) is 1. The molecule has 33 heavy (non-hydrogen) atoms. The molecule has 0 radical (unpaired) electrons. The Morgan fingerprint density at radius 3 is 2.58 bits per heavy atom. The van der Waals surface area contributed by atoms with E-state index in [0.717, 1.165) is 21.3 Å². The largest absolute Gasteiger partial charge is 0.507 e. The topological polar surface area (TPSA) is 76.1 Å². The molecule has 1 heterocycles. The first-order valence-corrected chi connectivity index (χ1v) is 11.8. The Labute approximate surface area is 203 Å². The highest BCUT2D eigenvalue weighted by molar-refractivity contribution is 9.10. The molecule has 2 aromatic carbocycles. The predicted molar refractivity (Wildman–Crippen MR) is 131 cm³/mol. The molecular formula is C26H30BrNO5. The van der Waals surface area contributed by atoms with Crippen molar-refractivity contribution in [1.82, 2.24) is 4.90 Å². The lowest BCUT2D eigenvalue weighted by atomic mass is 9.94. The number of nitrogens with zero attached hydrogens (tertiary/aromatic N) is 1. The summed E-state index contributed by atoms with van der Waals surface area (Å²) in [6.45, 7) is 7.42. The van der Waals surface area contributed by atoms with E-state index in [1.807, 2.05) is 31.2 Å². The quantitative estimate of drug-likeness (QED) is 0.213. The molecule has 1 saturated heterocycles. The summed E-state index contributed by atoms with van der Waals surface area (Å²) in [5, 5.41) is 11.2. The van der Waals surface area contributed by atoms with Crippen LogP contribution in [-0.2, 0) is 14.3 Å². The van der Waals surface area contributed by atoms with Crippen molar-refractivity contribution in [2.75, 3.05) is 26.9 Å². The Hall–Kier alpha value is -2.64. The van der Waals surface area contributed by atoms with Crippen LogP contribution in [0.25, 0.3) is 5.76 Å². The zero-order valence-electron chi connectivity index (χ0n) is 19.4. The van der Waals surface area contributed by atoms with Gasteiger partial charge in [-0.15, -0.1) is 0 Å². The maximum atomic E-state index is 13.1. The van der Waals surface area contributed by atoms with Crippen LogP contribution >= 0.6 is 15.9 Å². The summed E-state index contributed by atoms with van der Waals surface area (Å²) in [6, 6.07) is 12.0. The van der Waals surface area contributed by atoms with Gasteiger partial charge in [-0.05, 0) is 60.7 Å². The number of benzene rings is 2. The molecule has 0 aromatic heterocycles. The van der Waals surface area contributed by atoms with Crippen molar-refractivity contribution >= 4 is 33.4 Å². The van der Waals surface area contributed by atoms with E-state index in [1.54, 1.807) is 25.3 Å². The van der Waals surface area contributed by atoms with Crippen LogP contribution in [0.15, 0.2) is 52.5 Å². The molecule has 1 fully saturated rings. The van der Waals surface area contributed by atoms with Crippen LogP contribution < -0.4 is 4.74 Å². The van der Waals surface area contributed by atoms with Gasteiger partial charge in [0.2, 0.25) is 0 Å². The van der Waals surface area contributed by atoms with Crippen molar-refractivity contribution in [2.24, 2.45) is 5.92 Å². The molecule has 0 spiro atoms. The number of amides is 1. The van der Waals surface area contributed by atoms with Gasteiger partial charge in [-0.2, -0.15) is 0 Å². The molecule has 3 rings (SSSR count). The number of aliphatic hydroxyl groups excluding tert-OH is 1. The van der Waals surface area contributed by atoms with Gasteiger partial charge in [-0.25, -0.2) is 0 Å². The third-order valence-corrected chi connectivity index (χ3v) is 5.97. The standard InChI is InChI=1S/C26H30BrNO5/c1-16(2)15-33-21-10-9-19(13-17(21)3)24(29)22-23(18-7-5-8-20(27)14-18)28(11-6-12-32-4)26(31)25(22)30/h5,7-10,13-14,16,23,29H,6,11-12,15H2,1-4H3/t23-/m0/s1. The number of hydrogen-bond acceptors (Lipinski definition) is 5. The normalized spacial score (nSPS) is 17.8. The zero-order valence-corrected chi connectivity index (χ0v) is 21.0. The van der Waals surface area contributed by atoms with Gasteiger partial charge in [0.05, 0.1) is 18.2 Å². The number of halogens is 1. The summed E-state index contributed by atoms with van der Waals surface area (Å²) < 4.78 is 11.8. The molecule has 1 amide bonds. The average Bonchev–Trinajstić information content (AvgIpc) is 3.03.